The highest BCUT2D eigenvalue weighted by Crippen LogP contribution is 2.38. The second-order valence-electron chi connectivity index (χ2n) is 4.27. The molecule has 0 bridgehead atoms. The Kier molecular flexibility index (Phi) is 3.84. The fourth-order valence-electron chi connectivity index (χ4n) is 2.10. The molecular weight excluding hydrogens is 224 g/mol. The molecular formula is C11H14N2O4. The van der Waals surface area contributed by atoms with Gasteiger partial charge in [0, 0.05) is 19.8 Å². The van der Waals surface area contributed by atoms with Crippen LogP contribution in [0.5, 0.6) is 0 Å². The Hall–Kier alpha value is -1.90. The van der Waals surface area contributed by atoms with Crippen molar-refractivity contribution in [3.63, 3.8) is 0 Å². The van der Waals surface area contributed by atoms with Crippen molar-refractivity contribution in [2.45, 2.75) is 38.6 Å². The number of nitrogens with zero attached hydrogens (tertiary/aromatic N) is 1. The largest absolute Gasteiger partial charge is 0.480 e. The van der Waals surface area contributed by atoms with Crippen LogP contribution in [0, 0.1) is 16.7 Å². The van der Waals surface area contributed by atoms with Crippen LogP contribution >= 0.6 is 0 Å². The number of hydrogen-bond donors (Lipinski definition) is 2. The average molecular weight is 238 g/mol. The van der Waals surface area contributed by atoms with Crippen LogP contribution in [0.2, 0.25) is 0 Å². The molecule has 0 unspecified atom stereocenters. The molecule has 1 fully saturated rings. The smallest absolute Gasteiger partial charge is 0.326 e. The molecule has 0 spiro atoms. The highest BCUT2D eigenvalue weighted by molar-refractivity contribution is 5.91. The lowest BCUT2D eigenvalue weighted by Gasteiger charge is -2.23. The first-order valence-electron chi connectivity index (χ1n) is 5.36. The minimum atomic E-state index is -1.24. The molecule has 2 N–H and O–H groups in total. The summed E-state index contributed by atoms with van der Waals surface area (Å²) in [6.07, 6.45) is 1.11. The summed E-state index contributed by atoms with van der Waals surface area (Å²) in [5, 5.41) is 20.3. The first-order valence-corrected chi connectivity index (χ1v) is 5.36. The van der Waals surface area contributed by atoms with Gasteiger partial charge in [0.1, 0.15) is 11.5 Å². The summed E-state index contributed by atoms with van der Waals surface area (Å²) < 4.78 is 0. The van der Waals surface area contributed by atoms with E-state index >= 15 is 0 Å². The molecule has 0 aliphatic heterocycles. The van der Waals surface area contributed by atoms with Gasteiger partial charge in [-0.05, 0) is 12.8 Å². The van der Waals surface area contributed by atoms with Crippen LogP contribution in [0.25, 0.3) is 0 Å². The number of amides is 1. The molecule has 0 radical (unpaired) electrons. The summed E-state index contributed by atoms with van der Waals surface area (Å²) >= 11 is 0. The van der Waals surface area contributed by atoms with Crippen LogP contribution < -0.4 is 5.32 Å². The summed E-state index contributed by atoms with van der Waals surface area (Å²) in [5.74, 6) is -1.94. The Morgan fingerprint density at radius 1 is 1.65 bits per heavy atom. The Bertz CT molecular complexity index is 399. The molecule has 92 valence electrons. The van der Waals surface area contributed by atoms with Gasteiger partial charge >= 0.3 is 5.97 Å². The lowest BCUT2D eigenvalue weighted by Crippen LogP contribution is -2.44. The third kappa shape index (κ3) is 2.81. The van der Waals surface area contributed by atoms with Crippen molar-refractivity contribution in [2.75, 3.05) is 0 Å². The molecule has 0 aromatic rings. The second kappa shape index (κ2) is 4.95. The lowest BCUT2D eigenvalue weighted by atomic mass is 9.80. The van der Waals surface area contributed by atoms with Gasteiger partial charge in [-0.3, -0.25) is 9.59 Å². The third-order valence-corrected chi connectivity index (χ3v) is 2.98. The summed E-state index contributed by atoms with van der Waals surface area (Å²) in [7, 11) is 0. The van der Waals surface area contributed by atoms with E-state index in [4.69, 9.17) is 10.4 Å². The first-order chi connectivity index (χ1) is 7.91. The van der Waals surface area contributed by atoms with E-state index < -0.39 is 23.3 Å². The minimum absolute atomic E-state index is 0.156. The maximum atomic E-state index is 11.6. The van der Waals surface area contributed by atoms with Crippen LogP contribution in [0.4, 0.5) is 0 Å². The van der Waals surface area contributed by atoms with E-state index in [2.05, 4.69) is 5.32 Å². The zero-order valence-electron chi connectivity index (χ0n) is 9.52. The molecule has 0 saturated heterocycles. The molecule has 0 aromatic carbocycles. The van der Waals surface area contributed by atoms with Gasteiger partial charge in [0.2, 0.25) is 5.91 Å². The Morgan fingerprint density at radius 2 is 2.29 bits per heavy atom. The van der Waals surface area contributed by atoms with E-state index in [-0.39, 0.29) is 12.2 Å². The quantitative estimate of drug-likeness (QED) is 0.728. The number of nitriles is 1. The Labute approximate surface area is 98.6 Å². The van der Waals surface area contributed by atoms with Crippen LogP contribution in [0.3, 0.4) is 0 Å². The molecule has 1 aliphatic carbocycles. The molecule has 1 amide bonds. The van der Waals surface area contributed by atoms with Crippen LogP contribution in [-0.4, -0.2) is 28.8 Å². The summed E-state index contributed by atoms with van der Waals surface area (Å²) in [5.41, 5.74) is -1.24. The van der Waals surface area contributed by atoms with Crippen LogP contribution in [0.15, 0.2) is 0 Å². The number of carbonyl (C=O) groups excluding carboxylic acids is 2. The first kappa shape index (κ1) is 13.2. The van der Waals surface area contributed by atoms with Crippen molar-refractivity contribution in [1.29, 1.82) is 5.26 Å². The zero-order chi connectivity index (χ0) is 13.1. The van der Waals surface area contributed by atoms with Crippen LogP contribution in [-0.2, 0) is 14.4 Å². The Morgan fingerprint density at radius 3 is 2.65 bits per heavy atom. The second-order valence-corrected chi connectivity index (χ2v) is 4.27. The van der Waals surface area contributed by atoms with Crippen molar-refractivity contribution in [1.82, 2.24) is 5.32 Å². The van der Waals surface area contributed by atoms with E-state index in [1.165, 1.54) is 6.92 Å². The van der Waals surface area contributed by atoms with E-state index in [0.717, 1.165) is 0 Å². The van der Waals surface area contributed by atoms with Gasteiger partial charge in [-0.1, -0.05) is 0 Å². The normalized spacial score (nSPS) is 25.1. The van der Waals surface area contributed by atoms with Crippen molar-refractivity contribution in [3.8, 4) is 6.07 Å². The van der Waals surface area contributed by atoms with Gasteiger partial charge < -0.3 is 10.4 Å². The predicted molar refractivity (Wildman–Crippen MR) is 56.8 cm³/mol. The standard InChI is InChI=1S/C11H14N2O4/c1-7(14)13-8(10(16)17)5-11(6-12)4-2-3-9(11)15/h8H,2-5H2,1H3,(H,13,14)(H,16,17)/t8-,11+/m0/s1. The number of carbonyl (C=O) groups is 3. The third-order valence-electron chi connectivity index (χ3n) is 2.98. The number of ketones is 1. The van der Waals surface area contributed by atoms with Crippen molar-refractivity contribution in [3.05, 3.63) is 0 Å². The monoisotopic (exact) mass is 238 g/mol. The number of carboxylic acid groups (broad SMARTS) is 1. The molecule has 1 saturated carbocycles. The minimum Gasteiger partial charge on any atom is -0.480 e. The molecule has 1 rings (SSSR count). The molecule has 6 heteroatoms. The maximum Gasteiger partial charge on any atom is 0.326 e. The van der Waals surface area contributed by atoms with E-state index in [1.54, 1.807) is 0 Å². The molecule has 2 atom stereocenters. The zero-order valence-corrected chi connectivity index (χ0v) is 9.52. The average Bonchev–Trinajstić information content (AvgIpc) is 2.59. The fraction of sp³-hybridized carbons (Fsp3) is 0.636. The summed E-state index contributed by atoms with van der Waals surface area (Å²) in [6, 6.07) is 0.736. The van der Waals surface area contributed by atoms with Crippen molar-refractivity contribution < 1.29 is 19.5 Å². The van der Waals surface area contributed by atoms with Gasteiger partial charge in [-0.15, -0.1) is 0 Å². The molecule has 17 heavy (non-hydrogen) atoms. The highest BCUT2D eigenvalue weighted by Gasteiger charge is 2.45. The van der Waals surface area contributed by atoms with E-state index in [1.807, 2.05) is 6.07 Å². The maximum absolute atomic E-state index is 11.6. The number of rotatable bonds is 4. The number of hydrogen-bond acceptors (Lipinski definition) is 4. The molecule has 0 heterocycles. The number of carboxylic acids is 1. The molecule has 0 aromatic heterocycles. The molecule has 6 nitrogen and oxygen atoms in total. The van der Waals surface area contributed by atoms with Gasteiger partial charge in [-0.2, -0.15) is 5.26 Å². The summed E-state index contributed by atoms with van der Waals surface area (Å²) in [4.78, 5) is 33.5. The fourth-order valence-corrected chi connectivity index (χ4v) is 2.10. The van der Waals surface area contributed by atoms with Crippen molar-refractivity contribution in [2.24, 2.45) is 5.41 Å². The molecule has 1 aliphatic rings. The number of nitrogens with one attached hydrogen (secondary N) is 1. The SMILES string of the molecule is CC(=O)N[C@@H](C[C@@]1(C#N)CCCC1=O)C(=O)O. The number of aliphatic carboxylic acids is 1. The van der Waals surface area contributed by atoms with Gasteiger partial charge in [0.05, 0.1) is 6.07 Å². The Balaban J connectivity index is 2.85. The highest BCUT2D eigenvalue weighted by atomic mass is 16.4. The predicted octanol–water partition coefficient (Wildman–Crippen LogP) is 0.229. The van der Waals surface area contributed by atoms with Crippen LogP contribution in [0.1, 0.15) is 32.6 Å². The van der Waals surface area contributed by atoms with Gasteiger partial charge in [0.15, 0.2) is 5.78 Å². The van der Waals surface area contributed by atoms with Crippen molar-refractivity contribution >= 4 is 17.7 Å². The topological polar surface area (TPSA) is 107 Å². The lowest BCUT2D eigenvalue weighted by molar-refractivity contribution is -0.142. The number of Topliss-reactive ketones (excluding diaryl/α,β-unsaturated/α-hetero) is 1. The van der Waals surface area contributed by atoms with E-state index in [9.17, 15) is 14.4 Å². The van der Waals surface area contributed by atoms with Gasteiger partial charge in [0.25, 0.3) is 0 Å². The summed E-state index contributed by atoms with van der Waals surface area (Å²) in [6.45, 7) is 1.20. The van der Waals surface area contributed by atoms with E-state index in [0.29, 0.717) is 19.3 Å². The van der Waals surface area contributed by atoms with Gasteiger partial charge in [-0.25, -0.2) is 4.79 Å².